The van der Waals surface area contributed by atoms with Crippen molar-refractivity contribution in [3.05, 3.63) is 100 Å². The van der Waals surface area contributed by atoms with Crippen LogP contribution in [-0.2, 0) is 17.6 Å². The monoisotopic (exact) mass is 462 g/mol. The highest BCUT2D eigenvalue weighted by Crippen LogP contribution is 2.26. The van der Waals surface area contributed by atoms with E-state index in [1.807, 2.05) is 49.4 Å². The number of anilines is 1. The summed E-state index contributed by atoms with van der Waals surface area (Å²) in [5.74, 6) is -0.138. The summed E-state index contributed by atoms with van der Waals surface area (Å²) in [5.41, 5.74) is 4.24. The van der Waals surface area contributed by atoms with Crippen molar-refractivity contribution >= 4 is 29.1 Å². The average molecular weight is 463 g/mol. The highest BCUT2D eigenvalue weighted by atomic mass is 35.5. The highest BCUT2D eigenvalue weighted by molar-refractivity contribution is 6.34. The fraction of sp³-hybridized carbons (Fsp3) is 0.286. The summed E-state index contributed by atoms with van der Waals surface area (Å²) in [7, 11) is 0. The standard InChI is InChI=1S/C28H31ClN2O2/c1-19(2)17-22-9-11-23(12-10-22)20(3)27(32)31-26-18-24(13-14-25(26)29)28(33)30-16-15-21-7-5-4-6-8-21/h4-14,18-20H,15-17H2,1-3H3,(H,30,33)(H,31,32). The minimum atomic E-state index is -0.350. The van der Waals surface area contributed by atoms with Gasteiger partial charge in [-0.05, 0) is 60.6 Å². The molecule has 172 valence electrons. The van der Waals surface area contributed by atoms with Crippen molar-refractivity contribution in [3.63, 3.8) is 0 Å². The molecule has 0 saturated carbocycles. The van der Waals surface area contributed by atoms with E-state index in [-0.39, 0.29) is 17.7 Å². The van der Waals surface area contributed by atoms with Crippen LogP contribution in [0.15, 0.2) is 72.8 Å². The SMILES string of the molecule is CC(C)Cc1ccc(C(C)C(=O)Nc2cc(C(=O)NCCc3ccccc3)ccc2Cl)cc1. The van der Waals surface area contributed by atoms with Gasteiger partial charge < -0.3 is 10.6 Å². The molecule has 0 saturated heterocycles. The molecule has 0 bridgehead atoms. The van der Waals surface area contributed by atoms with Crippen LogP contribution in [0.4, 0.5) is 5.69 Å². The van der Waals surface area contributed by atoms with Crippen molar-refractivity contribution in [3.8, 4) is 0 Å². The Morgan fingerprint density at radius 3 is 2.24 bits per heavy atom. The lowest BCUT2D eigenvalue weighted by molar-refractivity contribution is -0.117. The Labute approximate surface area is 201 Å². The van der Waals surface area contributed by atoms with Crippen LogP contribution in [0.2, 0.25) is 5.02 Å². The fourth-order valence-electron chi connectivity index (χ4n) is 3.64. The molecule has 4 nitrogen and oxygen atoms in total. The molecule has 1 unspecified atom stereocenters. The third-order valence-corrected chi connectivity index (χ3v) is 5.88. The molecule has 3 rings (SSSR count). The van der Waals surface area contributed by atoms with Crippen LogP contribution >= 0.6 is 11.6 Å². The van der Waals surface area contributed by atoms with Crippen LogP contribution < -0.4 is 10.6 Å². The van der Waals surface area contributed by atoms with Crippen molar-refractivity contribution < 1.29 is 9.59 Å². The number of benzene rings is 3. The van der Waals surface area contributed by atoms with Crippen LogP contribution in [-0.4, -0.2) is 18.4 Å². The van der Waals surface area contributed by atoms with E-state index in [0.717, 1.165) is 24.0 Å². The summed E-state index contributed by atoms with van der Waals surface area (Å²) in [6, 6.07) is 23.0. The minimum absolute atomic E-state index is 0.171. The zero-order valence-electron chi connectivity index (χ0n) is 19.4. The van der Waals surface area contributed by atoms with Gasteiger partial charge in [-0.3, -0.25) is 9.59 Å². The molecule has 2 N–H and O–H groups in total. The van der Waals surface area contributed by atoms with Crippen molar-refractivity contribution in [1.29, 1.82) is 0 Å². The second-order valence-corrected chi connectivity index (χ2v) is 9.14. The number of carbonyl (C=O) groups excluding carboxylic acids is 2. The lowest BCUT2D eigenvalue weighted by Crippen LogP contribution is -2.26. The Morgan fingerprint density at radius 2 is 1.58 bits per heavy atom. The largest absolute Gasteiger partial charge is 0.352 e. The van der Waals surface area contributed by atoms with Gasteiger partial charge in [-0.2, -0.15) is 0 Å². The van der Waals surface area contributed by atoms with Crippen LogP contribution in [0.25, 0.3) is 0 Å². The Kier molecular flexibility index (Phi) is 8.67. The molecular formula is C28H31ClN2O2. The number of amides is 2. The van der Waals surface area contributed by atoms with Gasteiger partial charge >= 0.3 is 0 Å². The van der Waals surface area contributed by atoms with Crippen molar-refractivity contribution in [2.45, 2.75) is 39.5 Å². The minimum Gasteiger partial charge on any atom is -0.352 e. The van der Waals surface area contributed by atoms with E-state index < -0.39 is 0 Å². The van der Waals surface area contributed by atoms with Crippen LogP contribution in [0, 0.1) is 5.92 Å². The van der Waals surface area contributed by atoms with Gasteiger partial charge in [-0.15, -0.1) is 0 Å². The molecule has 0 fully saturated rings. The smallest absolute Gasteiger partial charge is 0.251 e. The molecule has 0 aliphatic heterocycles. The molecule has 3 aromatic carbocycles. The van der Waals surface area contributed by atoms with Gasteiger partial charge in [0.05, 0.1) is 16.6 Å². The lowest BCUT2D eigenvalue weighted by atomic mass is 9.96. The van der Waals surface area contributed by atoms with Crippen molar-refractivity contribution in [2.75, 3.05) is 11.9 Å². The first-order chi connectivity index (χ1) is 15.8. The topological polar surface area (TPSA) is 58.2 Å². The highest BCUT2D eigenvalue weighted by Gasteiger charge is 2.18. The van der Waals surface area contributed by atoms with Gasteiger partial charge in [0.15, 0.2) is 0 Å². The molecule has 0 aromatic heterocycles. The van der Waals surface area contributed by atoms with Crippen molar-refractivity contribution in [2.24, 2.45) is 5.92 Å². The van der Waals surface area contributed by atoms with Crippen LogP contribution in [0.1, 0.15) is 53.7 Å². The number of carbonyl (C=O) groups is 2. The summed E-state index contributed by atoms with van der Waals surface area (Å²) < 4.78 is 0. The van der Waals surface area contributed by atoms with E-state index in [1.54, 1.807) is 18.2 Å². The first-order valence-corrected chi connectivity index (χ1v) is 11.7. The molecule has 0 heterocycles. The predicted molar refractivity (Wildman–Crippen MR) is 136 cm³/mol. The molecule has 5 heteroatoms. The quantitative estimate of drug-likeness (QED) is 0.394. The van der Waals surface area contributed by atoms with Gasteiger partial charge in [0.25, 0.3) is 5.91 Å². The van der Waals surface area contributed by atoms with Gasteiger partial charge in [-0.1, -0.05) is 80.0 Å². The van der Waals surface area contributed by atoms with Crippen LogP contribution in [0.5, 0.6) is 0 Å². The van der Waals surface area contributed by atoms with Crippen LogP contribution in [0.3, 0.4) is 0 Å². The zero-order valence-corrected chi connectivity index (χ0v) is 20.2. The van der Waals surface area contributed by atoms with Gasteiger partial charge in [0.1, 0.15) is 0 Å². The Hall–Kier alpha value is -3.11. The summed E-state index contributed by atoms with van der Waals surface area (Å²) in [6.07, 6.45) is 1.76. The molecule has 1 atom stereocenters. The molecule has 0 aliphatic carbocycles. The Balaban J connectivity index is 1.61. The van der Waals surface area contributed by atoms with E-state index in [1.165, 1.54) is 5.56 Å². The number of rotatable bonds is 9. The summed E-state index contributed by atoms with van der Waals surface area (Å²) >= 11 is 6.30. The van der Waals surface area contributed by atoms with Crippen molar-refractivity contribution in [1.82, 2.24) is 5.32 Å². The maximum atomic E-state index is 12.9. The molecular weight excluding hydrogens is 432 g/mol. The second-order valence-electron chi connectivity index (χ2n) is 8.74. The lowest BCUT2D eigenvalue weighted by Gasteiger charge is -2.15. The third kappa shape index (κ3) is 7.19. The van der Waals surface area contributed by atoms with Gasteiger partial charge in [-0.25, -0.2) is 0 Å². The Bertz CT molecular complexity index is 1080. The maximum absolute atomic E-state index is 12.9. The third-order valence-electron chi connectivity index (χ3n) is 5.55. The second kappa shape index (κ2) is 11.7. The first-order valence-electron chi connectivity index (χ1n) is 11.3. The number of halogens is 1. The van der Waals surface area contributed by atoms with Gasteiger partial charge in [0, 0.05) is 12.1 Å². The predicted octanol–water partition coefficient (Wildman–Crippen LogP) is 6.25. The number of hydrogen-bond donors (Lipinski definition) is 2. The maximum Gasteiger partial charge on any atom is 0.251 e. The normalized spacial score (nSPS) is 11.8. The first kappa shape index (κ1) is 24.5. The van der Waals surface area contributed by atoms with E-state index in [9.17, 15) is 9.59 Å². The number of nitrogens with one attached hydrogen (secondary N) is 2. The molecule has 0 aliphatic rings. The number of hydrogen-bond acceptors (Lipinski definition) is 2. The fourth-order valence-corrected chi connectivity index (χ4v) is 3.80. The molecule has 3 aromatic rings. The van der Waals surface area contributed by atoms with Gasteiger partial charge in [0.2, 0.25) is 5.91 Å². The molecule has 0 spiro atoms. The molecule has 33 heavy (non-hydrogen) atoms. The average Bonchev–Trinajstić information content (AvgIpc) is 2.80. The Morgan fingerprint density at radius 1 is 0.879 bits per heavy atom. The summed E-state index contributed by atoms with van der Waals surface area (Å²) in [5, 5.41) is 6.19. The molecule has 0 radical (unpaired) electrons. The summed E-state index contributed by atoms with van der Waals surface area (Å²) in [4.78, 5) is 25.4. The van der Waals surface area contributed by atoms with E-state index in [4.69, 9.17) is 11.6 Å². The van der Waals surface area contributed by atoms with E-state index >= 15 is 0 Å². The zero-order chi connectivity index (χ0) is 23.8. The van der Waals surface area contributed by atoms with E-state index in [0.29, 0.717) is 28.7 Å². The van der Waals surface area contributed by atoms with E-state index in [2.05, 4.69) is 36.6 Å². The summed E-state index contributed by atoms with van der Waals surface area (Å²) in [6.45, 7) is 6.76. The molecule has 2 amide bonds.